The molecule has 0 aromatic heterocycles. The van der Waals surface area contributed by atoms with Crippen molar-refractivity contribution in [3.63, 3.8) is 0 Å². The van der Waals surface area contributed by atoms with Gasteiger partial charge in [-0.2, -0.15) is 0 Å². The fraction of sp³-hybridized carbons (Fsp3) is 0.0638. The number of ether oxygens (including phenoxy) is 6. The molecule has 7 aliphatic rings. The van der Waals surface area contributed by atoms with Gasteiger partial charge in [-0.3, -0.25) is 0 Å². The van der Waals surface area contributed by atoms with Gasteiger partial charge < -0.3 is 57.8 Å². The van der Waals surface area contributed by atoms with Crippen molar-refractivity contribution in [1.82, 2.24) is 0 Å². The largest absolute Gasteiger partial charge is 0.497 e. The molecule has 7 aliphatic heterocycles. The minimum atomic E-state index is 0.759. The summed E-state index contributed by atoms with van der Waals surface area (Å²) < 4.78 is 34.9. The summed E-state index contributed by atoms with van der Waals surface area (Å²) in [5.41, 5.74) is 17.4. The van der Waals surface area contributed by atoms with Crippen LogP contribution in [0.15, 0.2) is 340 Å². The van der Waals surface area contributed by atoms with Gasteiger partial charge in [0, 0.05) is 123 Å². The minimum Gasteiger partial charge on any atom is -0.497 e. The van der Waals surface area contributed by atoms with Crippen molar-refractivity contribution in [2.75, 3.05) is 72.1 Å². The lowest BCUT2D eigenvalue weighted by atomic mass is 9.95. The minimum absolute atomic E-state index is 0.759. The van der Waals surface area contributed by atoms with Crippen LogP contribution < -0.4 is 57.8 Å². The third-order valence-corrected chi connectivity index (χ3v) is 20.1. The smallest absolute Gasteiger partial charge is 0.119 e. The van der Waals surface area contributed by atoms with E-state index in [0.29, 0.717) is 0 Å². The van der Waals surface area contributed by atoms with Crippen molar-refractivity contribution >= 4 is 145 Å². The molecule has 0 radical (unpaired) electrons. The summed E-state index contributed by atoms with van der Waals surface area (Å²) in [6.45, 7) is 0. The SMILES string of the molecule is COc1ccc(N2c3ccc(cc3)N(c3ccc(OC)cc3)c3c4ccccc4c(c4ccccc34)N(c3ccc(OC)cc3)c3ccc(cc3)N(c3ccc(OC)cc3)c3ccc(cc3)N(c3ccc(OC)cc3)c3c4ccccc4c(c4ccccc34)N(c3ccc(OC)cc3)c3ccc2cc3)cc1. The molecule has 16 aromatic rings. The summed E-state index contributed by atoms with van der Waals surface area (Å²) in [5.74, 6) is 4.56. The summed E-state index contributed by atoms with van der Waals surface area (Å²) >= 11 is 0. The molecule has 23 rings (SSSR count). The lowest BCUT2D eigenvalue weighted by Crippen LogP contribution is -2.16. The Morgan fingerprint density at radius 3 is 0.349 bits per heavy atom. The summed E-state index contributed by atoms with van der Waals surface area (Å²) in [7, 11) is 10.2. The normalized spacial score (nSPS) is 12.3. The molecule has 12 bridgehead atoms. The third-order valence-electron chi connectivity index (χ3n) is 20.1. The summed E-state index contributed by atoms with van der Waals surface area (Å²) in [5, 5.41) is 8.38. The highest BCUT2D eigenvalue weighted by molar-refractivity contribution is 6.25. The Morgan fingerprint density at radius 1 is 0.132 bits per heavy atom. The van der Waals surface area contributed by atoms with Gasteiger partial charge in [-0.25, -0.2) is 0 Å². The second-order valence-electron chi connectivity index (χ2n) is 25.8. The Hall–Kier alpha value is -13.8. The maximum atomic E-state index is 5.83. The number of hydrogen-bond donors (Lipinski definition) is 0. The van der Waals surface area contributed by atoms with E-state index in [9.17, 15) is 0 Å². The van der Waals surface area contributed by atoms with Crippen molar-refractivity contribution in [3.8, 4) is 34.5 Å². The Morgan fingerprint density at radius 2 is 0.236 bits per heavy atom. The van der Waals surface area contributed by atoms with Crippen LogP contribution in [-0.2, 0) is 0 Å². The first kappa shape index (κ1) is 65.5. The quantitative estimate of drug-likeness (QED) is 0.109. The first-order valence-electron chi connectivity index (χ1n) is 35.2. The van der Waals surface area contributed by atoms with Crippen LogP contribution in [-0.4, -0.2) is 42.7 Å². The monoisotopic (exact) mass is 1380 g/mol. The maximum Gasteiger partial charge on any atom is 0.119 e. The van der Waals surface area contributed by atoms with E-state index in [-0.39, 0.29) is 0 Å². The van der Waals surface area contributed by atoms with E-state index in [1.54, 1.807) is 42.7 Å². The number of nitrogens with zero attached hydrogens (tertiary/aromatic N) is 6. The van der Waals surface area contributed by atoms with E-state index < -0.39 is 0 Å². The van der Waals surface area contributed by atoms with Gasteiger partial charge in [-0.1, -0.05) is 97.1 Å². The highest BCUT2D eigenvalue weighted by Crippen LogP contribution is 2.55. The van der Waals surface area contributed by atoms with Gasteiger partial charge in [0.1, 0.15) is 34.5 Å². The van der Waals surface area contributed by atoms with Crippen LogP contribution >= 0.6 is 0 Å². The Balaban J connectivity index is 0.948. The molecule has 0 atom stereocenters. The van der Waals surface area contributed by atoms with Crippen LogP contribution in [0.25, 0.3) is 43.1 Å². The van der Waals surface area contributed by atoms with Crippen molar-refractivity contribution in [2.45, 2.75) is 0 Å². The summed E-state index contributed by atoms with van der Waals surface area (Å²) in [6, 6.07) is 121. The Labute approximate surface area is 616 Å². The first-order chi connectivity index (χ1) is 52.3. The molecular weight excluding hydrogens is 1310 g/mol. The van der Waals surface area contributed by atoms with Gasteiger partial charge in [0.15, 0.2) is 0 Å². The highest BCUT2D eigenvalue weighted by Gasteiger charge is 2.30. The molecule has 0 aliphatic carbocycles. The standard InChI is InChI=1S/C94H74N6O6/c1-101-77-51-39-67(40-52-77)95-63-23-31-69(32-24-63)97(73-43-55-79(103-3)56-44-73)91-83-15-7-11-19-87(83)93(88-20-12-8-16-84(88)91)99(75-47-59-81(105-5)60-48-75)71-35-27-65(28-36-71)96(68-41-53-78(102-2)54-42-68)66-29-37-72(38-30-66)100(76-49-61-82(106-6)62-50-76)94-89-21-13-9-17-85(89)92(86-18-10-14-22-90(86)94)98(70-33-25-64(95)26-34-70)74-45-57-80(104-4)58-46-74/h7-62H,1-6H3. The number of hydrogen-bond acceptors (Lipinski definition) is 12. The van der Waals surface area contributed by atoms with E-state index in [4.69, 9.17) is 28.4 Å². The van der Waals surface area contributed by atoms with Gasteiger partial charge in [-0.15, -0.1) is 0 Å². The zero-order valence-electron chi connectivity index (χ0n) is 59.5. The molecule has 0 N–H and O–H groups in total. The second-order valence-corrected chi connectivity index (χ2v) is 25.8. The van der Waals surface area contributed by atoms with E-state index in [1.807, 2.05) is 72.8 Å². The lowest BCUT2D eigenvalue weighted by molar-refractivity contribution is 0.414. The first-order valence-corrected chi connectivity index (χ1v) is 35.2. The number of methoxy groups -OCH3 is 6. The number of rotatable bonds is 12. The van der Waals surface area contributed by atoms with Crippen molar-refractivity contribution < 1.29 is 28.4 Å². The Kier molecular flexibility index (Phi) is 17.4. The third kappa shape index (κ3) is 11.8. The van der Waals surface area contributed by atoms with Gasteiger partial charge in [-0.05, 0) is 243 Å². The van der Waals surface area contributed by atoms with Crippen LogP contribution in [0.5, 0.6) is 34.5 Å². The molecule has 12 heteroatoms. The molecule has 7 heterocycles. The van der Waals surface area contributed by atoms with Gasteiger partial charge >= 0.3 is 0 Å². The molecule has 0 unspecified atom stereocenters. The fourth-order valence-electron chi connectivity index (χ4n) is 15.0. The molecule has 516 valence electrons. The zero-order chi connectivity index (χ0) is 71.8. The molecule has 106 heavy (non-hydrogen) atoms. The van der Waals surface area contributed by atoms with Gasteiger partial charge in [0.2, 0.25) is 0 Å². The fourth-order valence-corrected chi connectivity index (χ4v) is 15.0. The molecule has 0 spiro atoms. The zero-order valence-corrected chi connectivity index (χ0v) is 59.5. The number of anilines is 18. The molecule has 0 fully saturated rings. The number of fused-ring (bicyclic) bond motifs is 2. The highest BCUT2D eigenvalue weighted by atomic mass is 16.5. The van der Waals surface area contributed by atoms with Crippen LogP contribution in [0.4, 0.5) is 102 Å². The van der Waals surface area contributed by atoms with Crippen LogP contribution in [0.1, 0.15) is 0 Å². The average Bonchev–Trinajstić information content (AvgIpc) is 0.728. The second kappa shape index (κ2) is 28.2. The van der Waals surface area contributed by atoms with E-state index in [0.717, 1.165) is 180 Å². The lowest BCUT2D eigenvalue weighted by Gasteiger charge is -2.34. The van der Waals surface area contributed by atoms with Gasteiger partial charge in [0.05, 0.1) is 65.4 Å². The predicted octanol–water partition coefficient (Wildman–Crippen LogP) is 25.5. The molecule has 12 nitrogen and oxygen atoms in total. The van der Waals surface area contributed by atoms with Crippen LogP contribution in [0, 0.1) is 0 Å². The molecular formula is C94H74N6O6. The molecule has 0 amide bonds. The molecule has 16 aromatic carbocycles. The predicted molar refractivity (Wildman–Crippen MR) is 437 cm³/mol. The Bertz CT molecular complexity index is 5040. The van der Waals surface area contributed by atoms with Crippen molar-refractivity contribution in [2.24, 2.45) is 0 Å². The average molecular weight is 1380 g/mol. The van der Waals surface area contributed by atoms with E-state index >= 15 is 0 Å². The van der Waals surface area contributed by atoms with Crippen molar-refractivity contribution in [3.05, 3.63) is 340 Å². The molecule has 0 saturated heterocycles. The summed E-state index contributed by atoms with van der Waals surface area (Å²) in [4.78, 5) is 14.2. The summed E-state index contributed by atoms with van der Waals surface area (Å²) in [6.07, 6.45) is 0. The van der Waals surface area contributed by atoms with E-state index in [1.165, 1.54) is 0 Å². The van der Waals surface area contributed by atoms with Crippen LogP contribution in [0.3, 0.4) is 0 Å². The topological polar surface area (TPSA) is 74.8 Å². The van der Waals surface area contributed by atoms with Gasteiger partial charge in [0.25, 0.3) is 0 Å². The maximum absolute atomic E-state index is 5.83. The van der Waals surface area contributed by atoms with Crippen LogP contribution in [0.2, 0.25) is 0 Å². The van der Waals surface area contributed by atoms with E-state index in [2.05, 4.69) is 296 Å². The number of benzene rings is 16. The van der Waals surface area contributed by atoms with Crippen molar-refractivity contribution in [1.29, 1.82) is 0 Å². The molecule has 0 saturated carbocycles.